The summed E-state index contributed by atoms with van der Waals surface area (Å²) < 4.78 is 1.85. The van der Waals surface area contributed by atoms with E-state index in [9.17, 15) is 4.79 Å². The van der Waals surface area contributed by atoms with Crippen molar-refractivity contribution in [3.05, 3.63) is 10.5 Å². The van der Waals surface area contributed by atoms with Crippen molar-refractivity contribution in [2.75, 3.05) is 25.3 Å². The quantitative estimate of drug-likeness (QED) is 0.801. The monoisotopic (exact) mass is 242 g/mol. The lowest BCUT2D eigenvalue weighted by Gasteiger charge is -2.09. The summed E-state index contributed by atoms with van der Waals surface area (Å²) >= 11 is 3.10. The molecule has 1 N–H and O–H groups in total. The summed E-state index contributed by atoms with van der Waals surface area (Å²) in [4.78, 5) is 23.9. The number of hydrogen-bond acceptors (Lipinski definition) is 6. The number of thiazole rings is 1. The molecule has 7 heteroatoms. The van der Waals surface area contributed by atoms with Gasteiger partial charge in [-0.2, -0.15) is 4.98 Å². The maximum absolute atomic E-state index is 11.3. The Morgan fingerprint density at radius 2 is 2.13 bits per heavy atom. The van der Waals surface area contributed by atoms with Gasteiger partial charge in [-0.15, -0.1) is 11.3 Å². The van der Waals surface area contributed by atoms with Crippen molar-refractivity contribution in [1.82, 2.24) is 15.0 Å². The van der Waals surface area contributed by atoms with E-state index in [1.165, 1.54) is 11.3 Å². The second-order valence-corrected chi connectivity index (χ2v) is 5.17. The van der Waals surface area contributed by atoms with Gasteiger partial charge in [-0.25, -0.2) is 9.78 Å². The molecule has 5 nitrogen and oxygen atoms in total. The molecule has 0 saturated carbocycles. The van der Waals surface area contributed by atoms with Crippen molar-refractivity contribution in [3.63, 3.8) is 0 Å². The van der Waals surface area contributed by atoms with E-state index in [4.69, 9.17) is 0 Å². The maximum Gasteiger partial charge on any atom is 0.348 e. The van der Waals surface area contributed by atoms with E-state index in [0.717, 1.165) is 9.04 Å². The molecule has 0 amide bonds. The first-order valence-corrected chi connectivity index (χ1v) is 6.28. The summed E-state index contributed by atoms with van der Waals surface area (Å²) in [7, 11) is 3.72. The van der Waals surface area contributed by atoms with Gasteiger partial charge in [-0.3, -0.25) is 4.98 Å². The van der Waals surface area contributed by atoms with Gasteiger partial charge in [0.2, 0.25) is 0 Å². The number of fused-ring (bicyclic) bond motifs is 1. The molecule has 15 heavy (non-hydrogen) atoms. The number of aromatic amines is 1. The molecule has 2 aromatic heterocycles. The average molecular weight is 242 g/mol. The summed E-state index contributed by atoms with van der Waals surface area (Å²) in [6.07, 6.45) is 1.96. The van der Waals surface area contributed by atoms with Crippen LogP contribution in [-0.2, 0) is 0 Å². The highest BCUT2D eigenvalue weighted by Crippen LogP contribution is 2.31. The summed E-state index contributed by atoms with van der Waals surface area (Å²) in [5, 5.41) is 0. The molecule has 0 aliphatic rings. The van der Waals surface area contributed by atoms with Crippen LogP contribution in [0.3, 0.4) is 0 Å². The Morgan fingerprint density at radius 3 is 2.73 bits per heavy atom. The molecule has 0 atom stereocenters. The normalized spacial score (nSPS) is 10.9. The minimum Gasteiger partial charge on any atom is -0.361 e. The average Bonchev–Trinajstić information content (AvgIpc) is 2.58. The Hall–Kier alpha value is -1.08. The second-order valence-electron chi connectivity index (χ2n) is 3.12. The van der Waals surface area contributed by atoms with E-state index in [1.54, 1.807) is 11.8 Å². The number of H-pyrrole nitrogens is 1. The Labute approximate surface area is 94.6 Å². The molecular weight excluding hydrogens is 232 g/mol. The molecule has 2 rings (SSSR count). The third-order valence-electron chi connectivity index (χ3n) is 1.84. The first-order chi connectivity index (χ1) is 7.11. The van der Waals surface area contributed by atoms with Crippen molar-refractivity contribution in [2.24, 2.45) is 0 Å². The minimum absolute atomic E-state index is 0.357. The lowest BCUT2D eigenvalue weighted by molar-refractivity contribution is 1.02. The van der Waals surface area contributed by atoms with Crippen LogP contribution in [0.15, 0.2) is 9.13 Å². The SMILES string of the molecule is CSc1nc2[nH]c(=O)nc(N(C)C)c2s1. The number of nitrogens with one attached hydrogen (secondary N) is 1. The number of hydrogen-bond donors (Lipinski definition) is 1. The number of nitrogens with zero attached hydrogens (tertiary/aromatic N) is 3. The Balaban J connectivity index is 2.78. The second kappa shape index (κ2) is 3.82. The molecule has 0 aromatic carbocycles. The van der Waals surface area contributed by atoms with Crippen molar-refractivity contribution >= 4 is 39.3 Å². The molecule has 0 aliphatic carbocycles. The Bertz CT molecular complexity index is 545. The van der Waals surface area contributed by atoms with Crippen LogP contribution in [0, 0.1) is 0 Å². The van der Waals surface area contributed by atoms with Gasteiger partial charge >= 0.3 is 5.69 Å². The third kappa shape index (κ3) is 1.84. The largest absolute Gasteiger partial charge is 0.361 e. The van der Waals surface area contributed by atoms with E-state index in [-0.39, 0.29) is 5.69 Å². The predicted molar refractivity (Wildman–Crippen MR) is 64.1 cm³/mol. The van der Waals surface area contributed by atoms with Gasteiger partial charge in [0, 0.05) is 14.1 Å². The van der Waals surface area contributed by atoms with Crippen LogP contribution in [0.25, 0.3) is 10.3 Å². The van der Waals surface area contributed by atoms with Crippen molar-refractivity contribution in [1.29, 1.82) is 0 Å². The molecule has 0 radical (unpaired) electrons. The molecular formula is C8H10N4OS2. The number of thioether (sulfide) groups is 1. The van der Waals surface area contributed by atoms with Crippen LogP contribution in [0.4, 0.5) is 5.82 Å². The molecule has 0 bridgehead atoms. The van der Waals surface area contributed by atoms with Crippen molar-refractivity contribution in [3.8, 4) is 0 Å². The van der Waals surface area contributed by atoms with Crippen LogP contribution < -0.4 is 10.6 Å². The Kier molecular flexibility index (Phi) is 2.66. The fourth-order valence-electron chi connectivity index (χ4n) is 1.20. The third-order valence-corrected chi connectivity index (χ3v) is 3.88. The van der Waals surface area contributed by atoms with Crippen molar-refractivity contribution in [2.45, 2.75) is 4.34 Å². The van der Waals surface area contributed by atoms with Crippen LogP contribution in [0.2, 0.25) is 0 Å². The molecule has 0 spiro atoms. The molecule has 2 aromatic rings. The fourth-order valence-corrected chi connectivity index (χ4v) is 2.79. The highest BCUT2D eigenvalue weighted by molar-refractivity contribution is 8.00. The van der Waals surface area contributed by atoms with E-state index >= 15 is 0 Å². The summed E-state index contributed by atoms with van der Waals surface area (Å²) in [6, 6.07) is 0. The standard InChI is InChI=1S/C8H10N4OS2/c1-12(2)6-4-5(9-7(13)11-6)10-8(14-3)15-4/h1-3H3,(H,9,11,13). The fraction of sp³-hybridized carbons (Fsp3) is 0.375. The maximum atomic E-state index is 11.3. The van der Waals surface area contributed by atoms with E-state index in [2.05, 4.69) is 15.0 Å². The Morgan fingerprint density at radius 1 is 1.40 bits per heavy atom. The van der Waals surface area contributed by atoms with Gasteiger partial charge in [0.05, 0.1) is 0 Å². The van der Waals surface area contributed by atoms with Crippen molar-refractivity contribution < 1.29 is 0 Å². The van der Waals surface area contributed by atoms with Gasteiger partial charge in [0.1, 0.15) is 4.70 Å². The topological polar surface area (TPSA) is 61.9 Å². The van der Waals surface area contributed by atoms with Gasteiger partial charge in [-0.1, -0.05) is 11.8 Å². The van der Waals surface area contributed by atoms with Crippen LogP contribution in [0.1, 0.15) is 0 Å². The van der Waals surface area contributed by atoms with E-state index in [1.807, 2.05) is 25.3 Å². The number of aromatic nitrogens is 3. The molecule has 0 fully saturated rings. The molecule has 0 unspecified atom stereocenters. The van der Waals surface area contributed by atoms with Crippen LogP contribution in [0.5, 0.6) is 0 Å². The molecule has 80 valence electrons. The lowest BCUT2D eigenvalue weighted by atomic mass is 10.5. The number of anilines is 1. The number of rotatable bonds is 2. The van der Waals surface area contributed by atoms with Gasteiger partial charge in [0.25, 0.3) is 0 Å². The zero-order valence-corrected chi connectivity index (χ0v) is 10.2. The predicted octanol–water partition coefficient (Wildman–Crippen LogP) is 1.17. The molecule has 2 heterocycles. The van der Waals surface area contributed by atoms with Crippen LogP contribution in [-0.4, -0.2) is 35.3 Å². The van der Waals surface area contributed by atoms with Gasteiger partial charge < -0.3 is 4.90 Å². The highest BCUT2D eigenvalue weighted by atomic mass is 32.2. The first kappa shape index (κ1) is 10.4. The summed E-state index contributed by atoms with van der Waals surface area (Å²) in [5.41, 5.74) is 0.261. The summed E-state index contributed by atoms with van der Waals surface area (Å²) in [5.74, 6) is 0.673. The minimum atomic E-state index is -0.357. The zero-order chi connectivity index (χ0) is 11.0. The van der Waals surface area contributed by atoms with Gasteiger partial charge in [0.15, 0.2) is 15.8 Å². The van der Waals surface area contributed by atoms with Gasteiger partial charge in [-0.05, 0) is 6.26 Å². The highest BCUT2D eigenvalue weighted by Gasteiger charge is 2.12. The smallest absolute Gasteiger partial charge is 0.348 e. The lowest BCUT2D eigenvalue weighted by Crippen LogP contribution is -2.18. The van der Waals surface area contributed by atoms with E-state index in [0.29, 0.717) is 11.5 Å². The zero-order valence-electron chi connectivity index (χ0n) is 8.57. The van der Waals surface area contributed by atoms with E-state index < -0.39 is 0 Å². The summed E-state index contributed by atoms with van der Waals surface area (Å²) in [6.45, 7) is 0. The van der Waals surface area contributed by atoms with Crippen LogP contribution >= 0.6 is 23.1 Å². The molecule has 0 saturated heterocycles. The molecule has 0 aliphatic heterocycles. The first-order valence-electron chi connectivity index (χ1n) is 4.24.